The molecular weight excluding hydrogens is 333 g/mol. The fraction of sp³-hybridized carbons (Fsp3) is 0.333. The molecule has 0 bridgehead atoms. The highest BCUT2D eigenvalue weighted by molar-refractivity contribution is 5.33. The maximum absolute atomic E-state index is 13.3. The van der Waals surface area contributed by atoms with Crippen molar-refractivity contribution in [2.45, 2.75) is 12.3 Å². The monoisotopic (exact) mass is 345 g/mol. The Kier molecular flexibility index (Phi) is 4.35. The predicted molar refractivity (Wildman–Crippen MR) is 74.3 cm³/mol. The number of hydrogen-bond donors (Lipinski definition) is 0. The van der Waals surface area contributed by atoms with Crippen molar-refractivity contribution >= 4 is 5.95 Å². The highest BCUT2D eigenvalue weighted by Crippen LogP contribution is 2.30. The molecule has 24 heavy (non-hydrogen) atoms. The zero-order valence-corrected chi connectivity index (χ0v) is 12.2. The first-order valence-corrected chi connectivity index (χ1v) is 7.06. The van der Waals surface area contributed by atoms with E-state index in [2.05, 4.69) is 9.97 Å². The molecule has 1 fully saturated rings. The molecule has 0 spiro atoms. The van der Waals surface area contributed by atoms with Gasteiger partial charge in [0.05, 0.1) is 13.2 Å². The van der Waals surface area contributed by atoms with Crippen molar-refractivity contribution in [2.75, 3.05) is 24.6 Å². The van der Waals surface area contributed by atoms with E-state index in [4.69, 9.17) is 4.74 Å². The largest absolute Gasteiger partial charge is 0.433 e. The van der Waals surface area contributed by atoms with E-state index in [-0.39, 0.29) is 19.1 Å². The molecule has 1 aliphatic heterocycles. The lowest BCUT2D eigenvalue weighted by atomic mass is 10.1. The summed E-state index contributed by atoms with van der Waals surface area (Å²) >= 11 is 0. The van der Waals surface area contributed by atoms with Gasteiger partial charge in [-0.25, -0.2) is 18.7 Å². The van der Waals surface area contributed by atoms with Gasteiger partial charge in [0.1, 0.15) is 11.8 Å². The van der Waals surface area contributed by atoms with Crippen molar-refractivity contribution in [2.24, 2.45) is 0 Å². The number of nitrogens with zero attached hydrogens (tertiary/aromatic N) is 3. The third-order valence-corrected chi connectivity index (χ3v) is 3.60. The number of halogens is 5. The molecule has 1 aromatic heterocycles. The molecule has 0 unspecified atom stereocenters. The average Bonchev–Trinajstić information content (AvgIpc) is 2.57. The SMILES string of the molecule is Fc1ccc([C@H]2CN(c3nccc(C(F)(F)F)n3)CCO2)cc1F. The molecule has 0 aliphatic carbocycles. The Labute approximate surface area is 133 Å². The van der Waals surface area contributed by atoms with Crippen LogP contribution >= 0.6 is 0 Å². The fourth-order valence-electron chi connectivity index (χ4n) is 2.40. The molecule has 2 aromatic rings. The number of rotatable bonds is 2. The summed E-state index contributed by atoms with van der Waals surface area (Å²) in [7, 11) is 0. The molecule has 0 N–H and O–H groups in total. The number of benzene rings is 1. The zero-order chi connectivity index (χ0) is 17.3. The quantitative estimate of drug-likeness (QED) is 0.783. The normalized spacial score (nSPS) is 18.7. The van der Waals surface area contributed by atoms with Gasteiger partial charge in [-0.05, 0) is 23.8 Å². The predicted octanol–water partition coefficient (Wildman–Crippen LogP) is 3.35. The van der Waals surface area contributed by atoms with E-state index in [1.54, 1.807) is 0 Å². The number of aromatic nitrogens is 2. The van der Waals surface area contributed by atoms with Gasteiger partial charge in [-0.3, -0.25) is 0 Å². The Balaban J connectivity index is 1.82. The van der Waals surface area contributed by atoms with Gasteiger partial charge in [0.15, 0.2) is 11.6 Å². The van der Waals surface area contributed by atoms with Gasteiger partial charge in [0.2, 0.25) is 5.95 Å². The smallest absolute Gasteiger partial charge is 0.370 e. The van der Waals surface area contributed by atoms with Crippen molar-refractivity contribution in [3.8, 4) is 0 Å². The van der Waals surface area contributed by atoms with Crippen LogP contribution in [0.1, 0.15) is 17.4 Å². The second-order valence-electron chi connectivity index (χ2n) is 5.22. The van der Waals surface area contributed by atoms with Crippen LogP contribution < -0.4 is 4.90 Å². The van der Waals surface area contributed by atoms with Crippen LogP contribution in [-0.2, 0) is 10.9 Å². The maximum atomic E-state index is 13.3. The van der Waals surface area contributed by atoms with E-state index < -0.39 is 29.6 Å². The standard InChI is InChI=1S/C15H12F5N3O/c16-10-2-1-9(7-11(10)17)12-8-23(5-6-24-12)14-21-4-3-13(22-14)15(18,19)20/h1-4,7,12H,5-6,8H2/t12-/m1/s1. The van der Waals surface area contributed by atoms with Gasteiger partial charge in [0.25, 0.3) is 0 Å². The van der Waals surface area contributed by atoms with Crippen LogP contribution in [0.25, 0.3) is 0 Å². The molecule has 1 aromatic carbocycles. The van der Waals surface area contributed by atoms with E-state index >= 15 is 0 Å². The fourth-order valence-corrected chi connectivity index (χ4v) is 2.40. The lowest BCUT2D eigenvalue weighted by Gasteiger charge is -2.33. The Morgan fingerprint density at radius 1 is 1.12 bits per heavy atom. The van der Waals surface area contributed by atoms with Crippen molar-refractivity contribution in [3.63, 3.8) is 0 Å². The molecule has 0 saturated carbocycles. The van der Waals surface area contributed by atoms with Gasteiger partial charge in [-0.2, -0.15) is 13.2 Å². The van der Waals surface area contributed by atoms with E-state index in [1.807, 2.05) is 0 Å². The molecule has 2 heterocycles. The molecule has 1 aliphatic rings. The van der Waals surface area contributed by atoms with Crippen molar-refractivity contribution in [1.29, 1.82) is 0 Å². The Hall–Kier alpha value is -2.29. The van der Waals surface area contributed by atoms with Crippen LogP contribution in [-0.4, -0.2) is 29.7 Å². The number of alkyl halides is 3. The third-order valence-electron chi connectivity index (χ3n) is 3.60. The van der Waals surface area contributed by atoms with Crippen molar-refractivity contribution in [1.82, 2.24) is 9.97 Å². The minimum absolute atomic E-state index is 0.0827. The van der Waals surface area contributed by atoms with Crippen LogP contribution in [0.3, 0.4) is 0 Å². The molecule has 3 rings (SSSR count). The Bertz CT molecular complexity index is 737. The molecular formula is C15H12F5N3O. The summed E-state index contributed by atoms with van der Waals surface area (Å²) in [6, 6.07) is 4.15. The first-order chi connectivity index (χ1) is 11.3. The summed E-state index contributed by atoms with van der Waals surface area (Å²) in [6.45, 7) is 0.622. The molecule has 4 nitrogen and oxygen atoms in total. The number of anilines is 1. The molecule has 9 heteroatoms. The van der Waals surface area contributed by atoms with Crippen molar-refractivity contribution in [3.05, 3.63) is 53.4 Å². The third kappa shape index (κ3) is 3.45. The second-order valence-corrected chi connectivity index (χ2v) is 5.22. The van der Waals surface area contributed by atoms with Gasteiger partial charge >= 0.3 is 6.18 Å². The summed E-state index contributed by atoms with van der Waals surface area (Å²) in [5.41, 5.74) is -0.644. The highest BCUT2D eigenvalue weighted by atomic mass is 19.4. The first-order valence-electron chi connectivity index (χ1n) is 7.06. The topological polar surface area (TPSA) is 38.2 Å². The average molecular weight is 345 g/mol. The van der Waals surface area contributed by atoms with Crippen LogP contribution in [0, 0.1) is 11.6 Å². The van der Waals surface area contributed by atoms with Gasteiger partial charge < -0.3 is 9.64 Å². The lowest BCUT2D eigenvalue weighted by Crippen LogP contribution is -2.39. The van der Waals surface area contributed by atoms with Crippen LogP contribution in [0.2, 0.25) is 0 Å². The van der Waals surface area contributed by atoms with Gasteiger partial charge in [-0.1, -0.05) is 6.07 Å². The van der Waals surface area contributed by atoms with E-state index in [0.29, 0.717) is 12.1 Å². The molecule has 128 valence electrons. The first kappa shape index (κ1) is 16.6. The summed E-state index contributed by atoms with van der Waals surface area (Å²) in [5, 5.41) is 0. The second kappa shape index (κ2) is 6.31. The van der Waals surface area contributed by atoms with Crippen LogP contribution in [0.5, 0.6) is 0 Å². The zero-order valence-electron chi connectivity index (χ0n) is 12.2. The molecule has 1 saturated heterocycles. The van der Waals surface area contributed by atoms with Crippen molar-refractivity contribution < 1.29 is 26.7 Å². The summed E-state index contributed by atoms with van der Waals surface area (Å²) in [6.07, 6.45) is -4.15. The molecule has 0 amide bonds. The van der Waals surface area contributed by atoms with Gasteiger partial charge in [-0.15, -0.1) is 0 Å². The maximum Gasteiger partial charge on any atom is 0.433 e. The van der Waals surface area contributed by atoms with E-state index in [0.717, 1.165) is 24.4 Å². The Morgan fingerprint density at radius 2 is 1.92 bits per heavy atom. The summed E-state index contributed by atoms with van der Waals surface area (Å²) < 4.78 is 70.1. The van der Waals surface area contributed by atoms with E-state index in [9.17, 15) is 22.0 Å². The number of morpholine rings is 1. The summed E-state index contributed by atoms with van der Waals surface area (Å²) in [4.78, 5) is 8.91. The minimum Gasteiger partial charge on any atom is -0.370 e. The van der Waals surface area contributed by atoms with Crippen LogP contribution in [0.4, 0.5) is 27.9 Å². The Morgan fingerprint density at radius 3 is 2.62 bits per heavy atom. The number of ether oxygens (including phenoxy) is 1. The van der Waals surface area contributed by atoms with E-state index in [1.165, 1.54) is 11.0 Å². The van der Waals surface area contributed by atoms with Gasteiger partial charge in [0, 0.05) is 12.7 Å². The molecule has 0 radical (unpaired) electrons. The number of hydrogen-bond acceptors (Lipinski definition) is 4. The van der Waals surface area contributed by atoms with Crippen LogP contribution in [0.15, 0.2) is 30.5 Å². The lowest BCUT2D eigenvalue weighted by molar-refractivity contribution is -0.141. The minimum atomic E-state index is -4.57. The molecule has 1 atom stereocenters. The summed E-state index contributed by atoms with van der Waals surface area (Å²) in [5.74, 6) is -2.07. The highest BCUT2D eigenvalue weighted by Gasteiger charge is 2.34.